The lowest BCUT2D eigenvalue weighted by Gasteiger charge is -2.43. The van der Waals surface area contributed by atoms with E-state index in [9.17, 15) is 74.6 Å². The number of halogens is 17. The summed E-state index contributed by atoms with van der Waals surface area (Å²) in [7, 11) is -10.5. The Morgan fingerprint density at radius 3 is 0.925 bits per heavy atom. The van der Waals surface area contributed by atoms with Gasteiger partial charge in [0.15, 0.2) is 27.1 Å². The minimum atomic E-state index is -8.65. The van der Waals surface area contributed by atoms with Crippen LogP contribution in [0, 0.1) is 0 Å². The van der Waals surface area contributed by atoms with Crippen molar-refractivity contribution in [2.24, 2.45) is 0 Å². The molecule has 0 aliphatic heterocycles. The van der Waals surface area contributed by atoms with Crippen LogP contribution in [0.4, 0.5) is 74.6 Å². The highest BCUT2D eigenvalue weighted by atomic mass is 28.5. The molecule has 0 heterocycles. The highest BCUT2D eigenvalue weighted by Gasteiger charge is 2.95. The van der Waals surface area contributed by atoms with E-state index in [1.165, 1.54) is 39.3 Å². The topological polar surface area (TPSA) is 27.7 Å². The number of alkyl halides is 17. The first kappa shape index (κ1) is 39.6. The number of hydrogen-bond donors (Lipinski definition) is 0. The average Bonchev–Trinajstić information content (AvgIpc) is 2.69. The predicted molar refractivity (Wildman–Crippen MR) is 112 cm³/mol. The van der Waals surface area contributed by atoms with Crippen LogP contribution in [0.5, 0.6) is 0 Å². The lowest BCUT2D eigenvalue weighted by molar-refractivity contribution is -0.461. The smallest absolute Gasteiger partial charge is 0.416 e. The zero-order valence-corrected chi connectivity index (χ0v) is 25.1. The molecule has 0 aromatic heterocycles. The first-order valence-corrected chi connectivity index (χ1v) is 19.6. The van der Waals surface area contributed by atoms with Crippen LogP contribution < -0.4 is 0 Å². The van der Waals surface area contributed by atoms with Gasteiger partial charge in [0.05, 0.1) is 0 Å². The van der Waals surface area contributed by atoms with E-state index in [0.29, 0.717) is 0 Å². The summed E-state index contributed by atoms with van der Waals surface area (Å²) in [5.41, 5.74) is 0. The van der Waals surface area contributed by atoms with Gasteiger partial charge in [-0.05, 0) is 39.3 Å². The zero-order chi connectivity index (χ0) is 32.8. The van der Waals surface area contributed by atoms with Crippen LogP contribution in [-0.2, 0) is 12.3 Å². The van der Waals surface area contributed by atoms with E-state index >= 15 is 0 Å². The summed E-state index contributed by atoms with van der Waals surface area (Å²) < 4.78 is 246. The molecule has 0 atom stereocenters. The van der Waals surface area contributed by atoms with Crippen molar-refractivity contribution in [1.29, 1.82) is 0 Å². The predicted octanol–water partition coefficient (Wildman–Crippen LogP) is 8.13. The Kier molecular flexibility index (Phi) is 11.8. The highest BCUT2D eigenvalue weighted by Crippen LogP contribution is 2.64. The fraction of sp³-hybridized carbons (Fsp3) is 1.00. The molecule has 0 N–H and O–H groups in total. The van der Waals surface area contributed by atoms with Crippen molar-refractivity contribution < 1.29 is 87.0 Å². The monoisotopic (exact) mass is 697 g/mol. The molecule has 0 aliphatic carbocycles. The molecule has 0 aromatic carbocycles. The third-order valence-electron chi connectivity index (χ3n) is 4.61. The maximum atomic E-state index is 14.4. The van der Waals surface area contributed by atoms with Crippen LogP contribution >= 0.6 is 0 Å². The van der Waals surface area contributed by atoms with E-state index in [1.807, 2.05) is 0 Å². The zero-order valence-electron chi connectivity index (χ0n) is 21.1. The second-order valence-corrected chi connectivity index (χ2v) is 18.6. The van der Waals surface area contributed by atoms with Gasteiger partial charge in [-0.1, -0.05) is 0 Å². The quantitative estimate of drug-likeness (QED) is 0.128. The second-order valence-electron chi connectivity index (χ2n) is 8.86. The second kappa shape index (κ2) is 11.9. The van der Waals surface area contributed by atoms with Gasteiger partial charge in [-0.2, -0.15) is 74.6 Å². The largest absolute Gasteiger partial charge is 0.469 e. The van der Waals surface area contributed by atoms with Gasteiger partial charge >= 0.3 is 56.4 Å². The molecule has 3 radical (unpaired) electrons. The fourth-order valence-corrected chi connectivity index (χ4v) is 13.7. The summed E-state index contributed by atoms with van der Waals surface area (Å²) in [5, 5.41) is 0. The summed E-state index contributed by atoms with van der Waals surface area (Å²) in [4.78, 5) is 0. The fourth-order valence-electron chi connectivity index (χ4n) is 2.81. The maximum absolute atomic E-state index is 14.4. The average molecular weight is 698 g/mol. The Morgan fingerprint density at radius 1 is 0.425 bits per heavy atom. The van der Waals surface area contributed by atoms with Crippen LogP contribution in [0.2, 0.25) is 45.3 Å². The van der Waals surface area contributed by atoms with Gasteiger partial charge in [-0.15, -0.1) is 0 Å². The molecule has 40 heavy (non-hydrogen) atoms. The van der Waals surface area contributed by atoms with Crippen molar-refractivity contribution in [3.05, 3.63) is 0 Å². The molecule has 0 rings (SSSR count). The normalized spacial score (nSPS) is 16.1. The van der Waals surface area contributed by atoms with Gasteiger partial charge in [0.1, 0.15) is 0 Å². The molecule has 239 valence electrons. The molecular formula is C16H22F17O3Si4. The number of hydrogen-bond acceptors (Lipinski definition) is 3. The highest BCUT2D eigenvalue weighted by molar-refractivity contribution is 6.79. The number of rotatable bonds is 15. The molecule has 0 saturated heterocycles. The van der Waals surface area contributed by atoms with E-state index in [-0.39, 0.29) is 0 Å². The van der Waals surface area contributed by atoms with Crippen molar-refractivity contribution >= 4 is 35.9 Å². The SMILES string of the molecule is C[Si](C)O[Si](CCC(F)(F)C(F)(F)C(F)(F)C(F)(F)C(F)(F)C(F)(F)C(F)(F)C(F)(F)F)(O[Si](C)C)O[Si](C)C. The molecule has 0 saturated carbocycles. The molecular weight excluding hydrogens is 675 g/mol. The van der Waals surface area contributed by atoms with Crippen molar-refractivity contribution in [3.8, 4) is 0 Å². The summed E-state index contributed by atoms with van der Waals surface area (Å²) in [6, 6.07) is -1.52. The van der Waals surface area contributed by atoms with Crippen molar-refractivity contribution in [2.45, 2.75) is 99.4 Å². The molecule has 0 fully saturated rings. The summed E-state index contributed by atoms with van der Waals surface area (Å²) >= 11 is 0. The molecule has 3 nitrogen and oxygen atoms in total. The standard InChI is InChI=1S/C16H22F17O3Si4/c1-37(2)34-40(35-38(3)4,36-39(5)6)8-7-9(17,18)10(19,20)11(21,22)12(23,24)13(25,26)14(27,28)15(29,30)16(31,32)33/h7-8H2,1-6H3. The van der Waals surface area contributed by atoms with E-state index in [1.54, 1.807) is 0 Å². The molecule has 0 amide bonds. The molecule has 0 aliphatic rings. The van der Waals surface area contributed by atoms with E-state index in [0.717, 1.165) is 0 Å². The first-order valence-electron chi connectivity index (χ1n) is 10.4. The molecule has 0 spiro atoms. The Hall–Kier alpha value is -0.442. The van der Waals surface area contributed by atoms with Gasteiger partial charge in [0.2, 0.25) is 0 Å². The lowest BCUT2D eigenvalue weighted by atomic mass is 9.88. The maximum Gasteiger partial charge on any atom is 0.469 e. The Bertz CT molecular complexity index is 822. The van der Waals surface area contributed by atoms with Crippen LogP contribution in [0.15, 0.2) is 0 Å². The van der Waals surface area contributed by atoms with Crippen molar-refractivity contribution in [2.75, 3.05) is 0 Å². The molecule has 0 unspecified atom stereocenters. The summed E-state index contributed by atoms with van der Waals surface area (Å²) in [6.45, 7) is 8.22. The summed E-state index contributed by atoms with van der Waals surface area (Å²) in [6.07, 6.45) is -10.4. The van der Waals surface area contributed by atoms with E-state index in [4.69, 9.17) is 12.3 Å². The van der Waals surface area contributed by atoms with Crippen molar-refractivity contribution in [3.63, 3.8) is 0 Å². The van der Waals surface area contributed by atoms with Crippen LogP contribution in [0.1, 0.15) is 6.42 Å². The Morgan fingerprint density at radius 2 is 0.675 bits per heavy atom. The van der Waals surface area contributed by atoms with E-state index < -0.39 is 96.0 Å². The van der Waals surface area contributed by atoms with Gasteiger partial charge in [0.25, 0.3) is 0 Å². The van der Waals surface area contributed by atoms with Crippen molar-refractivity contribution in [1.82, 2.24) is 0 Å². The van der Waals surface area contributed by atoms with Crippen LogP contribution in [0.25, 0.3) is 0 Å². The van der Waals surface area contributed by atoms with Gasteiger partial charge in [-0.3, -0.25) is 0 Å². The Labute approximate surface area is 222 Å². The third-order valence-corrected chi connectivity index (χ3v) is 14.1. The molecule has 24 heteroatoms. The Balaban J connectivity index is 6.72. The molecule has 0 bridgehead atoms. The lowest BCUT2D eigenvalue weighted by Crippen LogP contribution is -2.74. The minimum absolute atomic E-state index is 1.37. The minimum Gasteiger partial charge on any atom is -0.416 e. The van der Waals surface area contributed by atoms with Crippen LogP contribution in [-0.4, -0.2) is 83.6 Å². The first-order chi connectivity index (χ1) is 17.2. The van der Waals surface area contributed by atoms with Gasteiger partial charge in [0, 0.05) is 12.5 Å². The summed E-state index contributed by atoms with van der Waals surface area (Å²) in [5.74, 6) is -56.5. The molecule has 0 aromatic rings. The van der Waals surface area contributed by atoms with Gasteiger partial charge in [-0.25, -0.2) is 0 Å². The van der Waals surface area contributed by atoms with Crippen LogP contribution in [0.3, 0.4) is 0 Å². The third kappa shape index (κ3) is 7.02. The van der Waals surface area contributed by atoms with E-state index in [2.05, 4.69) is 0 Å². The van der Waals surface area contributed by atoms with Gasteiger partial charge < -0.3 is 12.3 Å².